The van der Waals surface area contributed by atoms with Crippen LogP contribution in [0, 0.1) is 5.92 Å². The van der Waals surface area contributed by atoms with Crippen molar-refractivity contribution in [1.29, 1.82) is 0 Å². The molecule has 1 aliphatic heterocycles. The Kier molecular flexibility index (Phi) is 3.60. The van der Waals surface area contributed by atoms with Crippen LogP contribution in [0.25, 0.3) is 11.1 Å². The van der Waals surface area contributed by atoms with E-state index in [2.05, 4.69) is 4.98 Å². The second-order valence-corrected chi connectivity index (χ2v) is 6.60. The van der Waals surface area contributed by atoms with E-state index in [0.717, 1.165) is 18.9 Å². The van der Waals surface area contributed by atoms with Gasteiger partial charge in [0, 0.05) is 12.6 Å². The highest BCUT2D eigenvalue weighted by Gasteiger charge is 2.38. The molecule has 10 heteroatoms. The highest BCUT2D eigenvalue weighted by atomic mass is 19.4. The molecule has 0 unspecified atom stereocenters. The Bertz CT molecular complexity index is 958. The van der Waals surface area contributed by atoms with E-state index < -0.39 is 34.3 Å². The zero-order valence-electron chi connectivity index (χ0n) is 13.4. The quantitative estimate of drug-likeness (QED) is 0.894. The number of nitrogens with zero attached hydrogens (tertiary/aromatic N) is 2. The average molecular weight is 369 g/mol. The highest BCUT2D eigenvalue weighted by Crippen LogP contribution is 2.35. The van der Waals surface area contributed by atoms with Gasteiger partial charge in [0.2, 0.25) is 11.6 Å². The van der Waals surface area contributed by atoms with Crippen LogP contribution < -0.4 is 5.56 Å². The third-order valence-corrected chi connectivity index (χ3v) is 4.53. The SMILES string of the molecule is O=C1CN(C(=O)c2cc3c(C(F)(F)F)cc(=O)[nH]c3o2)CN1CC1CC1. The molecular weight excluding hydrogens is 355 g/mol. The molecule has 2 aromatic rings. The summed E-state index contributed by atoms with van der Waals surface area (Å²) in [7, 11) is 0. The molecule has 1 saturated heterocycles. The molecule has 0 atom stereocenters. The molecule has 0 radical (unpaired) electrons. The van der Waals surface area contributed by atoms with Crippen molar-refractivity contribution in [2.75, 3.05) is 19.8 Å². The van der Waals surface area contributed by atoms with Crippen LogP contribution in [0.15, 0.2) is 21.3 Å². The van der Waals surface area contributed by atoms with Gasteiger partial charge in [-0.3, -0.25) is 19.4 Å². The fourth-order valence-corrected chi connectivity index (χ4v) is 3.04. The number of carbonyl (C=O) groups is 2. The van der Waals surface area contributed by atoms with Crippen LogP contribution >= 0.6 is 0 Å². The van der Waals surface area contributed by atoms with Gasteiger partial charge in [-0.15, -0.1) is 0 Å². The van der Waals surface area contributed by atoms with Gasteiger partial charge in [0.1, 0.15) is 6.54 Å². The lowest BCUT2D eigenvalue weighted by Gasteiger charge is -2.16. The number of furan rings is 1. The van der Waals surface area contributed by atoms with E-state index in [1.54, 1.807) is 4.90 Å². The molecule has 26 heavy (non-hydrogen) atoms. The van der Waals surface area contributed by atoms with Crippen molar-refractivity contribution in [2.45, 2.75) is 19.0 Å². The van der Waals surface area contributed by atoms with E-state index in [9.17, 15) is 27.6 Å². The second kappa shape index (κ2) is 5.61. The van der Waals surface area contributed by atoms with Gasteiger partial charge in [0.05, 0.1) is 17.6 Å². The Morgan fingerprint density at radius 1 is 1.27 bits per heavy atom. The van der Waals surface area contributed by atoms with E-state index in [1.165, 1.54) is 4.90 Å². The summed E-state index contributed by atoms with van der Waals surface area (Å²) in [6.45, 7) is 0.507. The standard InChI is InChI=1S/C16H14F3N3O4/c17-16(18,19)10-4-12(23)20-14-9(10)3-11(26-14)15(25)22-6-13(24)21(7-22)5-8-1-2-8/h3-4,8H,1-2,5-7H2,(H,20,23). The summed E-state index contributed by atoms with van der Waals surface area (Å²) in [5.41, 5.74) is -2.58. The number of halogens is 3. The number of aromatic nitrogens is 1. The molecule has 3 heterocycles. The Hall–Kier alpha value is -2.78. The van der Waals surface area contributed by atoms with E-state index in [4.69, 9.17) is 4.42 Å². The molecule has 1 N–H and O–H groups in total. The third-order valence-electron chi connectivity index (χ3n) is 4.53. The lowest BCUT2D eigenvalue weighted by atomic mass is 10.1. The molecule has 4 rings (SSSR count). The van der Waals surface area contributed by atoms with Crippen molar-refractivity contribution in [3.8, 4) is 0 Å². The third kappa shape index (κ3) is 2.95. The molecule has 1 saturated carbocycles. The fourth-order valence-electron chi connectivity index (χ4n) is 3.04. The Balaban J connectivity index is 1.63. The molecular formula is C16H14F3N3O4. The van der Waals surface area contributed by atoms with Crippen molar-refractivity contribution in [3.63, 3.8) is 0 Å². The van der Waals surface area contributed by atoms with Crippen LogP contribution in [0.1, 0.15) is 29.0 Å². The van der Waals surface area contributed by atoms with Crippen LogP contribution in [-0.2, 0) is 11.0 Å². The molecule has 2 aliphatic rings. The normalized spacial score (nSPS) is 18.2. The molecule has 138 valence electrons. The van der Waals surface area contributed by atoms with Gasteiger partial charge in [0.15, 0.2) is 5.76 Å². The summed E-state index contributed by atoms with van der Waals surface area (Å²) >= 11 is 0. The van der Waals surface area contributed by atoms with Gasteiger partial charge in [-0.05, 0) is 24.8 Å². The van der Waals surface area contributed by atoms with Crippen molar-refractivity contribution >= 4 is 22.9 Å². The van der Waals surface area contributed by atoms with Crippen molar-refractivity contribution in [3.05, 3.63) is 33.8 Å². The minimum absolute atomic E-state index is 0.0772. The van der Waals surface area contributed by atoms with Gasteiger partial charge in [-0.1, -0.05) is 0 Å². The maximum atomic E-state index is 13.1. The summed E-state index contributed by atoms with van der Waals surface area (Å²) in [6, 6.07) is 1.37. The first-order valence-electron chi connectivity index (χ1n) is 8.03. The number of rotatable bonds is 3. The van der Waals surface area contributed by atoms with Gasteiger partial charge < -0.3 is 14.2 Å². The van der Waals surface area contributed by atoms with Crippen molar-refractivity contribution in [2.24, 2.45) is 5.92 Å². The molecule has 0 bridgehead atoms. The number of hydrogen-bond acceptors (Lipinski definition) is 4. The van der Waals surface area contributed by atoms with E-state index in [1.807, 2.05) is 0 Å². The average Bonchev–Trinajstić information content (AvgIpc) is 3.14. The Labute approximate surface area is 144 Å². The topological polar surface area (TPSA) is 86.6 Å². The van der Waals surface area contributed by atoms with Crippen LogP contribution in [0.5, 0.6) is 0 Å². The minimum atomic E-state index is -4.76. The molecule has 0 aromatic carbocycles. The molecule has 2 aromatic heterocycles. The molecule has 2 amide bonds. The van der Waals surface area contributed by atoms with Gasteiger partial charge >= 0.3 is 6.18 Å². The first kappa shape index (κ1) is 16.7. The van der Waals surface area contributed by atoms with Crippen LogP contribution in [0.2, 0.25) is 0 Å². The first-order valence-corrected chi connectivity index (χ1v) is 8.03. The smallest absolute Gasteiger partial charge is 0.417 e. The van der Waals surface area contributed by atoms with E-state index in [0.29, 0.717) is 18.5 Å². The van der Waals surface area contributed by atoms with E-state index >= 15 is 0 Å². The van der Waals surface area contributed by atoms with Gasteiger partial charge in [-0.2, -0.15) is 13.2 Å². The number of pyridine rings is 1. The number of hydrogen-bond donors (Lipinski definition) is 1. The molecule has 1 aliphatic carbocycles. The monoisotopic (exact) mass is 369 g/mol. The Morgan fingerprint density at radius 3 is 2.65 bits per heavy atom. The number of H-pyrrole nitrogens is 1. The molecule has 7 nitrogen and oxygen atoms in total. The first-order chi connectivity index (χ1) is 12.2. The summed E-state index contributed by atoms with van der Waals surface area (Å²) in [4.78, 5) is 40.9. The summed E-state index contributed by atoms with van der Waals surface area (Å²) in [6.07, 6.45) is -2.66. The van der Waals surface area contributed by atoms with Crippen molar-refractivity contribution < 1.29 is 27.2 Å². The summed E-state index contributed by atoms with van der Waals surface area (Å²) in [5.74, 6) is -0.791. The maximum absolute atomic E-state index is 13.1. The van der Waals surface area contributed by atoms with Crippen LogP contribution in [0.3, 0.4) is 0 Å². The number of alkyl halides is 3. The zero-order chi connectivity index (χ0) is 18.6. The molecule has 0 spiro atoms. The summed E-state index contributed by atoms with van der Waals surface area (Å²) < 4.78 is 44.4. The second-order valence-electron chi connectivity index (χ2n) is 6.60. The van der Waals surface area contributed by atoms with Crippen molar-refractivity contribution in [1.82, 2.24) is 14.8 Å². The van der Waals surface area contributed by atoms with Gasteiger partial charge in [0.25, 0.3) is 11.5 Å². The maximum Gasteiger partial charge on any atom is 0.417 e. The zero-order valence-corrected chi connectivity index (χ0v) is 13.4. The number of amides is 2. The predicted molar refractivity (Wildman–Crippen MR) is 82.2 cm³/mol. The minimum Gasteiger partial charge on any atom is -0.434 e. The number of carbonyl (C=O) groups excluding carboxylic acids is 2. The highest BCUT2D eigenvalue weighted by molar-refractivity contribution is 5.99. The van der Waals surface area contributed by atoms with E-state index in [-0.39, 0.29) is 24.9 Å². The lowest BCUT2D eigenvalue weighted by molar-refractivity contribution is -0.136. The summed E-state index contributed by atoms with van der Waals surface area (Å²) in [5, 5.41) is -0.402. The fraction of sp³-hybridized carbons (Fsp3) is 0.438. The molecule has 2 fully saturated rings. The Morgan fingerprint density at radius 2 is 2.00 bits per heavy atom. The number of nitrogens with one attached hydrogen (secondary N) is 1. The number of fused-ring (bicyclic) bond motifs is 1. The van der Waals surface area contributed by atoms with Gasteiger partial charge in [-0.25, -0.2) is 0 Å². The lowest BCUT2D eigenvalue weighted by Crippen LogP contribution is -2.32. The van der Waals surface area contributed by atoms with Crippen LogP contribution in [0.4, 0.5) is 13.2 Å². The van der Waals surface area contributed by atoms with Crippen LogP contribution in [-0.4, -0.2) is 46.4 Å². The largest absolute Gasteiger partial charge is 0.434 e. The number of aromatic amines is 1. The predicted octanol–water partition coefficient (Wildman–Crippen LogP) is 1.79.